The standard InChI is InChI=1S/C20H25ClN2O5S/c1-3-27-19-14-18(23-9-11-26-12-10-23)20(28-4-2)13-17(19)22-29(24,25)16-7-5-15(21)6-8-16/h5-8,13-14,22H,3-4,9-12H2,1-2H3. The highest BCUT2D eigenvalue weighted by atomic mass is 35.5. The molecule has 2 aromatic rings. The van der Waals surface area contributed by atoms with Crippen molar-refractivity contribution in [2.24, 2.45) is 0 Å². The summed E-state index contributed by atoms with van der Waals surface area (Å²) in [7, 11) is -3.82. The molecule has 0 unspecified atom stereocenters. The quantitative estimate of drug-likeness (QED) is 0.673. The average molecular weight is 441 g/mol. The van der Waals surface area contributed by atoms with Gasteiger partial charge in [0.15, 0.2) is 0 Å². The fourth-order valence-corrected chi connectivity index (χ4v) is 4.23. The normalized spacial score (nSPS) is 14.5. The Balaban J connectivity index is 2.00. The second-order valence-electron chi connectivity index (χ2n) is 6.34. The zero-order valence-electron chi connectivity index (χ0n) is 16.5. The Morgan fingerprint density at radius 3 is 2.28 bits per heavy atom. The van der Waals surface area contributed by atoms with Crippen LogP contribution in [0, 0.1) is 0 Å². The minimum Gasteiger partial charge on any atom is -0.492 e. The van der Waals surface area contributed by atoms with Crippen LogP contribution in [0.5, 0.6) is 11.5 Å². The number of nitrogens with one attached hydrogen (secondary N) is 1. The van der Waals surface area contributed by atoms with Crippen LogP contribution in [0.15, 0.2) is 41.3 Å². The first-order valence-electron chi connectivity index (χ1n) is 9.49. The van der Waals surface area contributed by atoms with Crippen LogP contribution in [0.25, 0.3) is 0 Å². The summed E-state index contributed by atoms with van der Waals surface area (Å²) >= 11 is 5.87. The summed E-state index contributed by atoms with van der Waals surface area (Å²) in [5.74, 6) is 1.03. The topological polar surface area (TPSA) is 77.1 Å². The van der Waals surface area contributed by atoms with Gasteiger partial charge in [0.05, 0.1) is 42.7 Å². The molecule has 0 saturated carbocycles. The van der Waals surface area contributed by atoms with Gasteiger partial charge in [-0.3, -0.25) is 4.72 Å². The number of morpholine rings is 1. The molecule has 1 fully saturated rings. The molecule has 0 atom stereocenters. The molecule has 7 nitrogen and oxygen atoms in total. The SMILES string of the molecule is CCOc1cc(N2CCOCC2)c(OCC)cc1NS(=O)(=O)c1ccc(Cl)cc1. The van der Waals surface area contributed by atoms with E-state index in [9.17, 15) is 8.42 Å². The number of halogens is 1. The summed E-state index contributed by atoms with van der Waals surface area (Å²) in [6.45, 7) is 7.28. The zero-order valence-corrected chi connectivity index (χ0v) is 18.1. The lowest BCUT2D eigenvalue weighted by atomic mass is 10.2. The van der Waals surface area contributed by atoms with E-state index in [1.54, 1.807) is 6.07 Å². The molecule has 1 heterocycles. The van der Waals surface area contributed by atoms with Gasteiger partial charge in [-0.2, -0.15) is 0 Å². The molecule has 0 radical (unpaired) electrons. The molecule has 3 rings (SSSR count). The van der Waals surface area contributed by atoms with Crippen molar-refractivity contribution in [1.29, 1.82) is 0 Å². The number of ether oxygens (including phenoxy) is 3. The van der Waals surface area contributed by atoms with Crippen LogP contribution in [0.2, 0.25) is 5.02 Å². The van der Waals surface area contributed by atoms with Gasteiger partial charge in [0.25, 0.3) is 10.0 Å². The molecule has 29 heavy (non-hydrogen) atoms. The highest BCUT2D eigenvalue weighted by Crippen LogP contribution is 2.40. The Kier molecular flexibility index (Phi) is 7.10. The van der Waals surface area contributed by atoms with Gasteiger partial charge in [-0.25, -0.2) is 8.42 Å². The molecule has 158 valence electrons. The van der Waals surface area contributed by atoms with E-state index in [0.29, 0.717) is 48.6 Å². The molecule has 0 bridgehead atoms. The lowest BCUT2D eigenvalue weighted by Crippen LogP contribution is -2.36. The van der Waals surface area contributed by atoms with Gasteiger partial charge in [-0.1, -0.05) is 11.6 Å². The summed E-state index contributed by atoms with van der Waals surface area (Å²) in [5, 5.41) is 0.465. The molecule has 0 aromatic heterocycles. The molecule has 1 saturated heterocycles. The summed E-state index contributed by atoms with van der Waals surface area (Å²) in [5.41, 5.74) is 1.18. The second-order valence-corrected chi connectivity index (χ2v) is 8.46. The summed E-state index contributed by atoms with van der Waals surface area (Å²) in [6.07, 6.45) is 0. The van der Waals surface area contributed by atoms with Crippen molar-refractivity contribution in [3.63, 3.8) is 0 Å². The highest BCUT2D eigenvalue weighted by molar-refractivity contribution is 7.92. The number of rotatable bonds is 8. The minimum absolute atomic E-state index is 0.111. The van der Waals surface area contributed by atoms with Gasteiger partial charge in [-0.05, 0) is 38.1 Å². The molecule has 1 aliphatic heterocycles. The van der Waals surface area contributed by atoms with Crippen LogP contribution in [0.4, 0.5) is 11.4 Å². The number of hydrogen-bond acceptors (Lipinski definition) is 6. The van der Waals surface area contributed by atoms with E-state index in [2.05, 4.69) is 9.62 Å². The van der Waals surface area contributed by atoms with Gasteiger partial charge in [-0.15, -0.1) is 0 Å². The first kappa shape index (κ1) is 21.5. The van der Waals surface area contributed by atoms with Gasteiger partial charge in [0.1, 0.15) is 11.5 Å². The highest BCUT2D eigenvalue weighted by Gasteiger charge is 2.22. The first-order valence-corrected chi connectivity index (χ1v) is 11.4. The van der Waals surface area contributed by atoms with Gasteiger partial charge in [0, 0.05) is 30.2 Å². The maximum Gasteiger partial charge on any atom is 0.262 e. The van der Waals surface area contributed by atoms with Crippen molar-refractivity contribution in [2.45, 2.75) is 18.7 Å². The van der Waals surface area contributed by atoms with Crippen LogP contribution in [0.3, 0.4) is 0 Å². The first-order chi connectivity index (χ1) is 13.9. The summed E-state index contributed by atoms with van der Waals surface area (Å²) in [4.78, 5) is 2.26. The fraction of sp³-hybridized carbons (Fsp3) is 0.400. The lowest BCUT2D eigenvalue weighted by Gasteiger charge is -2.31. The van der Waals surface area contributed by atoms with E-state index < -0.39 is 10.0 Å². The minimum atomic E-state index is -3.82. The van der Waals surface area contributed by atoms with E-state index in [1.807, 2.05) is 19.9 Å². The van der Waals surface area contributed by atoms with Gasteiger partial charge in [0.2, 0.25) is 0 Å². The smallest absolute Gasteiger partial charge is 0.262 e. The molecule has 9 heteroatoms. The van der Waals surface area contributed by atoms with Crippen molar-refractivity contribution in [3.8, 4) is 11.5 Å². The second kappa shape index (κ2) is 9.56. The van der Waals surface area contributed by atoms with E-state index in [-0.39, 0.29) is 4.90 Å². The van der Waals surface area contributed by atoms with E-state index >= 15 is 0 Å². The van der Waals surface area contributed by atoms with Crippen LogP contribution in [-0.4, -0.2) is 47.9 Å². The molecule has 0 amide bonds. The number of sulfonamides is 1. The maximum atomic E-state index is 12.8. The Morgan fingerprint density at radius 1 is 1.03 bits per heavy atom. The maximum absolute atomic E-state index is 12.8. The Bertz CT molecular complexity index is 929. The third-order valence-electron chi connectivity index (χ3n) is 4.38. The van der Waals surface area contributed by atoms with Crippen molar-refractivity contribution in [2.75, 3.05) is 49.1 Å². The number of anilines is 2. The number of nitrogens with zero attached hydrogens (tertiary/aromatic N) is 1. The predicted molar refractivity (Wildman–Crippen MR) is 114 cm³/mol. The Labute approximate surface area is 176 Å². The van der Waals surface area contributed by atoms with Crippen molar-refractivity contribution in [1.82, 2.24) is 0 Å². The third-order valence-corrected chi connectivity index (χ3v) is 6.01. The average Bonchev–Trinajstić information content (AvgIpc) is 2.71. The molecule has 0 aliphatic carbocycles. The predicted octanol–water partition coefficient (Wildman–Crippen LogP) is 3.77. The molecule has 1 N–H and O–H groups in total. The van der Waals surface area contributed by atoms with Crippen LogP contribution >= 0.6 is 11.6 Å². The lowest BCUT2D eigenvalue weighted by molar-refractivity contribution is 0.122. The molecule has 0 spiro atoms. The largest absolute Gasteiger partial charge is 0.492 e. The number of benzene rings is 2. The van der Waals surface area contributed by atoms with Crippen LogP contribution in [-0.2, 0) is 14.8 Å². The third kappa shape index (κ3) is 5.26. The molecule has 1 aliphatic rings. The number of hydrogen-bond donors (Lipinski definition) is 1. The van der Waals surface area contributed by atoms with Crippen molar-refractivity contribution >= 4 is 33.0 Å². The van der Waals surface area contributed by atoms with Gasteiger partial charge < -0.3 is 19.1 Å². The van der Waals surface area contributed by atoms with Crippen molar-refractivity contribution in [3.05, 3.63) is 41.4 Å². The van der Waals surface area contributed by atoms with Gasteiger partial charge >= 0.3 is 0 Å². The fourth-order valence-electron chi connectivity index (χ4n) is 3.04. The molecular weight excluding hydrogens is 416 g/mol. The summed E-state index contributed by atoms with van der Waals surface area (Å²) in [6, 6.07) is 9.47. The van der Waals surface area contributed by atoms with Crippen molar-refractivity contribution < 1.29 is 22.6 Å². The summed E-state index contributed by atoms with van der Waals surface area (Å²) < 4.78 is 45.3. The monoisotopic (exact) mass is 440 g/mol. The zero-order chi connectivity index (χ0) is 20.9. The molecule has 2 aromatic carbocycles. The van der Waals surface area contributed by atoms with Crippen LogP contribution in [0.1, 0.15) is 13.8 Å². The van der Waals surface area contributed by atoms with E-state index in [1.165, 1.54) is 24.3 Å². The van der Waals surface area contributed by atoms with E-state index in [0.717, 1.165) is 18.8 Å². The molecular formula is C20H25ClN2O5S. The van der Waals surface area contributed by atoms with Crippen LogP contribution < -0.4 is 19.1 Å². The Morgan fingerprint density at radius 2 is 1.66 bits per heavy atom. The Hall–Kier alpha value is -2.16. The van der Waals surface area contributed by atoms with E-state index in [4.69, 9.17) is 25.8 Å².